The average molecular weight is 239 g/mol. The number of hydrogen-bond donors (Lipinski definition) is 0. The lowest BCUT2D eigenvalue weighted by Crippen LogP contribution is -2.26. The van der Waals surface area contributed by atoms with Crippen LogP contribution in [0.3, 0.4) is 0 Å². The van der Waals surface area contributed by atoms with Gasteiger partial charge in [0.2, 0.25) is 0 Å². The number of pyridine rings is 1. The van der Waals surface area contributed by atoms with Gasteiger partial charge in [0.05, 0.1) is 0 Å². The van der Waals surface area contributed by atoms with Gasteiger partial charge in [0.15, 0.2) is 5.78 Å². The van der Waals surface area contributed by atoms with E-state index in [-0.39, 0.29) is 5.78 Å². The van der Waals surface area contributed by atoms with E-state index < -0.39 is 0 Å². The van der Waals surface area contributed by atoms with Gasteiger partial charge in [-0.2, -0.15) is 0 Å². The number of hydrogen-bond acceptors (Lipinski definition) is 3. The van der Waals surface area contributed by atoms with Gasteiger partial charge in [0.25, 0.3) is 0 Å². The molecule has 86 valence electrons. The van der Waals surface area contributed by atoms with E-state index in [1.54, 1.807) is 0 Å². The highest BCUT2D eigenvalue weighted by Crippen LogP contribution is 2.27. The van der Waals surface area contributed by atoms with Crippen molar-refractivity contribution in [1.29, 1.82) is 0 Å². The Balaban J connectivity index is 2.37. The van der Waals surface area contributed by atoms with Gasteiger partial charge in [-0.25, -0.2) is 4.98 Å². The molecule has 1 aromatic heterocycles. The molecule has 1 aliphatic heterocycles. The Hall–Kier alpha value is -1.09. The van der Waals surface area contributed by atoms with E-state index in [0.717, 1.165) is 12.2 Å². The van der Waals surface area contributed by atoms with Gasteiger partial charge < -0.3 is 4.90 Å². The summed E-state index contributed by atoms with van der Waals surface area (Å²) in [4.78, 5) is 17.6. The molecular formula is C12H15ClN2O. The van der Waals surface area contributed by atoms with Gasteiger partial charge in [-0.3, -0.25) is 4.79 Å². The molecule has 0 aromatic carbocycles. The van der Waals surface area contributed by atoms with E-state index in [2.05, 4.69) is 16.8 Å². The van der Waals surface area contributed by atoms with Crippen molar-refractivity contribution >= 4 is 23.1 Å². The maximum Gasteiger partial charge on any atom is 0.178 e. The van der Waals surface area contributed by atoms with E-state index in [4.69, 9.17) is 11.6 Å². The summed E-state index contributed by atoms with van der Waals surface area (Å²) in [6.07, 6.45) is 2.38. The summed E-state index contributed by atoms with van der Waals surface area (Å²) in [5.41, 5.74) is 1.46. The van der Waals surface area contributed by atoms with E-state index in [1.165, 1.54) is 19.8 Å². The third-order valence-corrected chi connectivity index (χ3v) is 3.22. The number of nitrogens with zero attached hydrogens (tertiary/aromatic N) is 2. The summed E-state index contributed by atoms with van der Waals surface area (Å²) >= 11 is 5.93. The standard InChI is InChI=1S/C12H15ClN2O/c1-8-4-3-5-15(8)10-6-11(9(2)16)14-12(13)7-10/h6-8H,3-5H2,1-2H3/t8-/m1/s1. The molecule has 0 bridgehead atoms. The minimum absolute atomic E-state index is 0.0457. The van der Waals surface area contributed by atoms with Crippen molar-refractivity contribution in [3.63, 3.8) is 0 Å². The molecule has 2 rings (SSSR count). The van der Waals surface area contributed by atoms with Crippen molar-refractivity contribution < 1.29 is 4.79 Å². The molecule has 1 aliphatic rings. The molecule has 0 amide bonds. The maximum absolute atomic E-state index is 11.3. The number of aromatic nitrogens is 1. The number of halogens is 1. The third-order valence-electron chi connectivity index (χ3n) is 3.02. The lowest BCUT2D eigenvalue weighted by Gasteiger charge is -2.24. The van der Waals surface area contributed by atoms with Crippen LogP contribution in [-0.4, -0.2) is 23.4 Å². The molecule has 4 heteroatoms. The molecule has 2 heterocycles. The number of rotatable bonds is 2. The molecule has 0 radical (unpaired) electrons. The zero-order valence-corrected chi connectivity index (χ0v) is 10.3. The zero-order valence-electron chi connectivity index (χ0n) is 9.53. The first-order valence-corrected chi connectivity index (χ1v) is 5.91. The van der Waals surface area contributed by atoms with Crippen LogP contribution in [0.1, 0.15) is 37.2 Å². The maximum atomic E-state index is 11.3. The number of carbonyl (C=O) groups is 1. The van der Waals surface area contributed by atoms with E-state index in [1.807, 2.05) is 12.1 Å². The van der Waals surface area contributed by atoms with Crippen LogP contribution in [0.25, 0.3) is 0 Å². The van der Waals surface area contributed by atoms with Crippen molar-refractivity contribution in [2.75, 3.05) is 11.4 Å². The van der Waals surface area contributed by atoms with Gasteiger partial charge in [0, 0.05) is 25.2 Å². The summed E-state index contributed by atoms with van der Waals surface area (Å²) in [6.45, 7) is 4.73. The van der Waals surface area contributed by atoms with Crippen molar-refractivity contribution in [1.82, 2.24) is 4.98 Å². The molecular weight excluding hydrogens is 224 g/mol. The third kappa shape index (κ3) is 2.19. The Morgan fingerprint density at radius 1 is 1.56 bits per heavy atom. The number of anilines is 1. The average Bonchev–Trinajstić information content (AvgIpc) is 2.63. The predicted octanol–water partition coefficient (Wildman–Crippen LogP) is 2.93. The Labute approximate surface area is 100 Å². The van der Waals surface area contributed by atoms with E-state index in [0.29, 0.717) is 16.9 Å². The van der Waals surface area contributed by atoms with E-state index in [9.17, 15) is 4.79 Å². The van der Waals surface area contributed by atoms with Crippen molar-refractivity contribution in [2.24, 2.45) is 0 Å². The fourth-order valence-electron chi connectivity index (χ4n) is 2.15. The van der Waals surface area contributed by atoms with Crippen LogP contribution >= 0.6 is 11.6 Å². The second kappa shape index (κ2) is 4.42. The topological polar surface area (TPSA) is 33.2 Å². The highest BCUT2D eigenvalue weighted by molar-refractivity contribution is 6.29. The van der Waals surface area contributed by atoms with E-state index >= 15 is 0 Å². The van der Waals surface area contributed by atoms with Crippen LogP contribution in [0, 0.1) is 0 Å². The first-order chi connectivity index (χ1) is 7.58. The van der Waals surface area contributed by atoms with Crippen LogP contribution in [0.5, 0.6) is 0 Å². The second-order valence-corrected chi connectivity index (χ2v) is 4.66. The summed E-state index contributed by atoms with van der Waals surface area (Å²) in [5, 5.41) is 0.391. The minimum Gasteiger partial charge on any atom is -0.369 e. The Morgan fingerprint density at radius 2 is 2.31 bits per heavy atom. The SMILES string of the molecule is CC(=O)c1cc(N2CCC[C@H]2C)cc(Cl)n1. The van der Waals surface area contributed by atoms with Gasteiger partial charge in [-0.1, -0.05) is 11.6 Å². The number of Topliss-reactive ketones (excluding diaryl/α,β-unsaturated/α-hetero) is 1. The largest absolute Gasteiger partial charge is 0.369 e. The number of ketones is 1. The molecule has 0 unspecified atom stereocenters. The molecule has 1 atom stereocenters. The van der Waals surface area contributed by atoms with Gasteiger partial charge in [-0.15, -0.1) is 0 Å². The van der Waals surface area contributed by atoms with Crippen LogP contribution in [-0.2, 0) is 0 Å². The summed E-state index contributed by atoms with van der Waals surface area (Å²) in [7, 11) is 0. The first kappa shape index (κ1) is 11.4. The van der Waals surface area contributed by atoms with Crippen LogP contribution in [0.15, 0.2) is 12.1 Å². The predicted molar refractivity (Wildman–Crippen MR) is 65.3 cm³/mol. The quantitative estimate of drug-likeness (QED) is 0.587. The second-order valence-electron chi connectivity index (χ2n) is 4.27. The molecule has 0 N–H and O–H groups in total. The van der Waals surface area contributed by atoms with Crippen LogP contribution in [0.2, 0.25) is 5.15 Å². The Morgan fingerprint density at radius 3 is 2.88 bits per heavy atom. The lowest BCUT2D eigenvalue weighted by molar-refractivity contribution is 0.101. The molecule has 0 saturated carbocycles. The molecule has 1 aromatic rings. The normalized spacial score (nSPS) is 20.2. The molecule has 0 aliphatic carbocycles. The molecule has 0 spiro atoms. The monoisotopic (exact) mass is 238 g/mol. The highest BCUT2D eigenvalue weighted by atomic mass is 35.5. The summed E-state index contributed by atoms with van der Waals surface area (Å²) in [5.74, 6) is -0.0457. The van der Waals surface area contributed by atoms with Gasteiger partial charge >= 0.3 is 0 Å². The molecule has 1 saturated heterocycles. The zero-order chi connectivity index (χ0) is 11.7. The van der Waals surface area contributed by atoms with Crippen molar-refractivity contribution in [2.45, 2.75) is 32.7 Å². The Bertz CT molecular complexity index is 419. The smallest absolute Gasteiger partial charge is 0.178 e. The first-order valence-electron chi connectivity index (χ1n) is 5.53. The number of carbonyl (C=O) groups excluding carboxylic acids is 1. The van der Waals surface area contributed by atoms with Crippen molar-refractivity contribution in [3.8, 4) is 0 Å². The van der Waals surface area contributed by atoms with Crippen molar-refractivity contribution in [3.05, 3.63) is 23.0 Å². The summed E-state index contributed by atoms with van der Waals surface area (Å²) < 4.78 is 0. The molecule has 16 heavy (non-hydrogen) atoms. The lowest BCUT2D eigenvalue weighted by atomic mass is 10.2. The van der Waals surface area contributed by atoms with Gasteiger partial charge in [-0.05, 0) is 31.9 Å². The van der Waals surface area contributed by atoms with Crippen LogP contribution < -0.4 is 4.90 Å². The minimum atomic E-state index is -0.0457. The van der Waals surface area contributed by atoms with Crippen LogP contribution in [0.4, 0.5) is 5.69 Å². The molecule has 3 nitrogen and oxygen atoms in total. The molecule has 1 fully saturated rings. The Kier molecular flexibility index (Phi) is 3.15. The summed E-state index contributed by atoms with van der Waals surface area (Å²) in [6, 6.07) is 4.17. The van der Waals surface area contributed by atoms with Gasteiger partial charge in [0.1, 0.15) is 10.8 Å². The fourth-order valence-corrected chi connectivity index (χ4v) is 2.35. The highest BCUT2D eigenvalue weighted by Gasteiger charge is 2.21. The fraction of sp³-hybridized carbons (Fsp3) is 0.500.